The predicted molar refractivity (Wildman–Crippen MR) is 102 cm³/mol. The third-order valence-electron chi connectivity index (χ3n) is 3.78. The van der Waals surface area contributed by atoms with Crippen LogP contribution >= 0.6 is 11.6 Å². The SMILES string of the molecule is CC(C)(C)OC(=O)N1CCN(c2ccc(NC(=O)OCCCl)cc2F)CC1. The Morgan fingerprint density at radius 1 is 1.22 bits per heavy atom. The molecule has 0 atom stereocenters. The van der Waals surface area contributed by atoms with E-state index in [1.54, 1.807) is 17.0 Å². The van der Waals surface area contributed by atoms with Gasteiger partial charge in [-0.25, -0.2) is 14.0 Å². The fourth-order valence-corrected chi connectivity index (χ4v) is 2.66. The van der Waals surface area contributed by atoms with Crippen molar-refractivity contribution in [3.05, 3.63) is 24.0 Å². The van der Waals surface area contributed by atoms with Crippen LogP contribution in [0.1, 0.15) is 20.8 Å². The van der Waals surface area contributed by atoms with Gasteiger partial charge in [-0.15, -0.1) is 11.6 Å². The van der Waals surface area contributed by atoms with E-state index in [4.69, 9.17) is 21.1 Å². The Morgan fingerprint density at radius 2 is 1.89 bits per heavy atom. The van der Waals surface area contributed by atoms with E-state index in [1.807, 2.05) is 25.7 Å². The quantitative estimate of drug-likeness (QED) is 0.779. The van der Waals surface area contributed by atoms with Crippen molar-refractivity contribution in [1.82, 2.24) is 4.90 Å². The monoisotopic (exact) mass is 401 g/mol. The van der Waals surface area contributed by atoms with Gasteiger partial charge in [-0.05, 0) is 39.0 Å². The number of nitrogens with zero attached hydrogens (tertiary/aromatic N) is 2. The highest BCUT2D eigenvalue weighted by Crippen LogP contribution is 2.24. The summed E-state index contributed by atoms with van der Waals surface area (Å²) in [5.41, 5.74) is 0.162. The summed E-state index contributed by atoms with van der Waals surface area (Å²) in [7, 11) is 0. The van der Waals surface area contributed by atoms with Crippen molar-refractivity contribution in [2.75, 3.05) is 48.9 Å². The topological polar surface area (TPSA) is 71.1 Å². The molecule has 0 aliphatic carbocycles. The van der Waals surface area contributed by atoms with Gasteiger partial charge in [0.1, 0.15) is 18.0 Å². The standard InChI is InChI=1S/C18H25ClFN3O4/c1-18(2,3)27-17(25)23-9-7-22(8-10-23)15-5-4-13(12-14(15)20)21-16(24)26-11-6-19/h4-5,12H,6-11H2,1-3H3,(H,21,24). The van der Waals surface area contributed by atoms with Crippen LogP contribution in [0, 0.1) is 5.82 Å². The number of nitrogens with one attached hydrogen (secondary N) is 1. The molecular formula is C18H25ClFN3O4. The predicted octanol–water partition coefficient (Wildman–Crippen LogP) is 3.67. The Hall–Kier alpha value is -2.22. The van der Waals surface area contributed by atoms with Crippen LogP contribution in [0.5, 0.6) is 0 Å². The molecule has 0 bridgehead atoms. The third-order valence-corrected chi connectivity index (χ3v) is 3.93. The molecule has 2 amide bonds. The lowest BCUT2D eigenvalue weighted by Gasteiger charge is -2.36. The van der Waals surface area contributed by atoms with Crippen molar-refractivity contribution in [3.8, 4) is 0 Å². The largest absolute Gasteiger partial charge is 0.448 e. The highest BCUT2D eigenvalue weighted by atomic mass is 35.5. The number of benzene rings is 1. The van der Waals surface area contributed by atoms with Gasteiger partial charge in [-0.1, -0.05) is 0 Å². The fraction of sp³-hybridized carbons (Fsp3) is 0.556. The smallest absolute Gasteiger partial charge is 0.411 e. The molecule has 1 N–H and O–H groups in total. The summed E-state index contributed by atoms with van der Waals surface area (Å²) in [6.07, 6.45) is -1.05. The Morgan fingerprint density at radius 3 is 2.44 bits per heavy atom. The van der Waals surface area contributed by atoms with Gasteiger partial charge in [-0.3, -0.25) is 5.32 Å². The van der Waals surface area contributed by atoms with Crippen LogP contribution in [0.25, 0.3) is 0 Å². The van der Waals surface area contributed by atoms with E-state index in [0.29, 0.717) is 37.6 Å². The van der Waals surface area contributed by atoms with Gasteiger partial charge in [0.15, 0.2) is 0 Å². The van der Waals surface area contributed by atoms with Crippen LogP contribution < -0.4 is 10.2 Å². The maximum absolute atomic E-state index is 14.5. The van der Waals surface area contributed by atoms with Gasteiger partial charge in [0.25, 0.3) is 0 Å². The number of hydrogen-bond donors (Lipinski definition) is 1. The van der Waals surface area contributed by atoms with Gasteiger partial charge in [0.05, 0.1) is 11.6 Å². The first-order valence-electron chi connectivity index (χ1n) is 8.72. The van der Waals surface area contributed by atoms with Crippen LogP contribution in [0.3, 0.4) is 0 Å². The molecule has 150 valence electrons. The minimum absolute atomic E-state index is 0.0792. The molecule has 1 saturated heterocycles. The molecule has 1 heterocycles. The third kappa shape index (κ3) is 6.46. The molecule has 7 nitrogen and oxygen atoms in total. The number of carbonyl (C=O) groups is 2. The number of rotatable bonds is 4. The Bertz CT molecular complexity index is 673. The summed E-state index contributed by atoms with van der Waals surface area (Å²) in [6.45, 7) is 7.39. The van der Waals surface area contributed by atoms with Crippen molar-refractivity contribution in [3.63, 3.8) is 0 Å². The molecule has 1 aliphatic heterocycles. The van der Waals surface area contributed by atoms with Crippen LogP contribution in [-0.2, 0) is 9.47 Å². The lowest BCUT2D eigenvalue weighted by molar-refractivity contribution is 0.0240. The summed E-state index contributed by atoms with van der Waals surface area (Å²) < 4.78 is 24.6. The van der Waals surface area contributed by atoms with Crippen molar-refractivity contribution < 1.29 is 23.5 Å². The first-order valence-corrected chi connectivity index (χ1v) is 9.25. The Kier molecular flexibility index (Phi) is 7.12. The second-order valence-corrected chi connectivity index (χ2v) is 7.45. The first kappa shape index (κ1) is 21.1. The maximum atomic E-state index is 14.5. The minimum atomic E-state index is -0.686. The molecule has 1 aromatic carbocycles. The molecule has 0 unspecified atom stereocenters. The molecule has 0 saturated carbocycles. The Labute approximate surface area is 163 Å². The van der Waals surface area contributed by atoms with Crippen LogP contribution in [0.2, 0.25) is 0 Å². The van der Waals surface area contributed by atoms with Gasteiger partial charge < -0.3 is 19.3 Å². The number of carbonyl (C=O) groups excluding carboxylic acids is 2. The summed E-state index contributed by atoms with van der Waals surface area (Å²) in [4.78, 5) is 27.1. The van der Waals surface area contributed by atoms with E-state index in [2.05, 4.69) is 5.32 Å². The van der Waals surface area contributed by atoms with Gasteiger partial charge in [-0.2, -0.15) is 0 Å². The van der Waals surface area contributed by atoms with E-state index in [1.165, 1.54) is 6.07 Å². The van der Waals surface area contributed by atoms with Crippen molar-refractivity contribution in [1.29, 1.82) is 0 Å². The van der Waals surface area contributed by atoms with Crippen molar-refractivity contribution in [2.24, 2.45) is 0 Å². The molecular weight excluding hydrogens is 377 g/mol. The molecule has 1 aromatic rings. The van der Waals surface area contributed by atoms with Gasteiger partial charge >= 0.3 is 12.2 Å². The summed E-state index contributed by atoms with van der Waals surface area (Å²) in [5.74, 6) is -0.272. The second kappa shape index (κ2) is 9.12. The van der Waals surface area contributed by atoms with E-state index < -0.39 is 17.5 Å². The highest BCUT2D eigenvalue weighted by Gasteiger charge is 2.26. The highest BCUT2D eigenvalue weighted by molar-refractivity contribution is 6.18. The van der Waals surface area contributed by atoms with Crippen LogP contribution in [0.4, 0.5) is 25.4 Å². The van der Waals surface area contributed by atoms with E-state index >= 15 is 0 Å². The number of alkyl halides is 1. The molecule has 0 spiro atoms. The lowest BCUT2D eigenvalue weighted by Crippen LogP contribution is -2.50. The number of ether oxygens (including phenoxy) is 2. The minimum Gasteiger partial charge on any atom is -0.448 e. The molecule has 1 fully saturated rings. The maximum Gasteiger partial charge on any atom is 0.411 e. The Balaban J connectivity index is 1.92. The van der Waals surface area contributed by atoms with E-state index in [-0.39, 0.29) is 18.6 Å². The normalized spacial score (nSPS) is 14.7. The molecule has 2 rings (SSSR count). The van der Waals surface area contributed by atoms with Crippen LogP contribution in [-0.4, -0.2) is 61.4 Å². The van der Waals surface area contributed by atoms with Gasteiger partial charge in [0, 0.05) is 31.9 Å². The van der Waals surface area contributed by atoms with Crippen molar-refractivity contribution >= 4 is 35.2 Å². The average molecular weight is 402 g/mol. The summed E-state index contributed by atoms with van der Waals surface area (Å²) >= 11 is 5.44. The average Bonchev–Trinajstić information content (AvgIpc) is 2.59. The number of hydrogen-bond acceptors (Lipinski definition) is 5. The molecule has 0 radical (unpaired) electrons. The number of amides is 2. The number of anilines is 2. The fourth-order valence-electron chi connectivity index (χ4n) is 2.58. The zero-order valence-electron chi connectivity index (χ0n) is 15.8. The van der Waals surface area contributed by atoms with Gasteiger partial charge in [0.2, 0.25) is 0 Å². The van der Waals surface area contributed by atoms with E-state index in [9.17, 15) is 14.0 Å². The molecule has 0 aromatic heterocycles. The summed E-state index contributed by atoms with van der Waals surface area (Å²) in [6, 6.07) is 4.42. The zero-order chi connectivity index (χ0) is 20.0. The molecule has 9 heteroatoms. The molecule has 27 heavy (non-hydrogen) atoms. The molecule has 1 aliphatic rings. The van der Waals surface area contributed by atoms with Crippen molar-refractivity contribution in [2.45, 2.75) is 26.4 Å². The number of halogens is 2. The second-order valence-electron chi connectivity index (χ2n) is 7.07. The number of piperazine rings is 1. The lowest BCUT2D eigenvalue weighted by atomic mass is 10.2. The van der Waals surface area contributed by atoms with E-state index in [0.717, 1.165) is 0 Å². The first-order chi connectivity index (χ1) is 12.7. The zero-order valence-corrected chi connectivity index (χ0v) is 16.5. The van der Waals surface area contributed by atoms with Crippen LogP contribution in [0.15, 0.2) is 18.2 Å². The summed E-state index contributed by atoms with van der Waals surface area (Å²) in [5, 5.41) is 2.44.